The highest BCUT2D eigenvalue weighted by Crippen LogP contribution is 2.56. The molecule has 1 aromatic carbocycles. The summed E-state index contributed by atoms with van der Waals surface area (Å²) < 4.78 is 0. The van der Waals surface area contributed by atoms with Gasteiger partial charge in [-0.05, 0) is 53.9 Å². The molecule has 162 valence electrons. The Labute approximate surface area is 197 Å². The van der Waals surface area contributed by atoms with Crippen LogP contribution in [-0.4, -0.2) is 40.0 Å². The summed E-state index contributed by atoms with van der Waals surface area (Å²) >= 11 is 13.7. The van der Waals surface area contributed by atoms with E-state index in [1.165, 1.54) is 11.8 Å². The van der Waals surface area contributed by atoms with Crippen LogP contribution < -0.4 is 0 Å². The minimum absolute atomic E-state index is 0.00743. The van der Waals surface area contributed by atoms with Crippen LogP contribution in [0.5, 0.6) is 0 Å². The third kappa shape index (κ3) is 3.75. The molecule has 1 amide bonds. The van der Waals surface area contributed by atoms with Crippen LogP contribution in [0.4, 0.5) is 0 Å². The lowest BCUT2D eigenvalue weighted by atomic mass is 9.81. The number of pyridine rings is 1. The average molecular weight is 475 g/mol. The van der Waals surface area contributed by atoms with Gasteiger partial charge in [0.1, 0.15) is 15.6 Å². The number of halogens is 2. The summed E-state index contributed by atoms with van der Waals surface area (Å²) in [6, 6.07) is 11.4. The van der Waals surface area contributed by atoms with Crippen LogP contribution in [0.15, 0.2) is 58.2 Å². The van der Waals surface area contributed by atoms with Gasteiger partial charge in [-0.1, -0.05) is 55.2 Å². The van der Waals surface area contributed by atoms with E-state index in [2.05, 4.69) is 30.7 Å². The number of benzene rings is 1. The van der Waals surface area contributed by atoms with Gasteiger partial charge in [0.05, 0.1) is 6.04 Å². The number of fused-ring (bicyclic) bond motifs is 1. The van der Waals surface area contributed by atoms with Gasteiger partial charge >= 0.3 is 0 Å². The lowest BCUT2D eigenvalue weighted by molar-refractivity contribution is -0.124. The van der Waals surface area contributed by atoms with Crippen LogP contribution in [0.2, 0.25) is 10.2 Å². The van der Waals surface area contributed by atoms with E-state index in [1.54, 1.807) is 31.3 Å². The van der Waals surface area contributed by atoms with Crippen LogP contribution in [0, 0.1) is 5.92 Å². The smallest absolute Gasteiger partial charge is 0.262 e. The number of allylic oxidation sites excluding steroid dienone is 1. The summed E-state index contributed by atoms with van der Waals surface area (Å²) in [4.78, 5) is 27.0. The molecule has 0 fully saturated rings. The first kappa shape index (κ1) is 22.2. The van der Waals surface area contributed by atoms with Crippen LogP contribution in [0.1, 0.15) is 37.9 Å². The molecule has 3 heterocycles. The maximum Gasteiger partial charge on any atom is 0.262 e. The van der Waals surface area contributed by atoms with Gasteiger partial charge in [-0.2, -0.15) is 0 Å². The van der Waals surface area contributed by atoms with Gasteiger partial charge in [0.15, 0.2) is 5.17 Å². The van der Waals surface area contributed by atoms with E-state index in [4.69, 9.17) is 28.2 Å². The second-order valence-corrected chi connectivity index (χ2v) is 10.2. The summed E-state index contributed by atoms with van der Waals surface area (Å²) in [5.74, 6) is 0.126. The Morgan fingerprint density at radius 1 is 1.16 bits per heavy atom. The molecule has 0 bridgehead atoms. The van der Waals surface area contributed by atoms with Gasteiger partial charge in [-0.3, -0.25) is 4.79 Å². The molecule has 8 heteroatoms. The van der Waals surface area contributed by atoms with Gasteiger partial charge in [0.2, 0.25) is 0 Å². The van der Waals surface area contributed by atoms with Crippen molar-refractivity contribution < 1.29 is 4.79 Å². The topological polar surface area (TPSA) is 48.8 Å². The Morgan fingerprint density at radius 3 is 2.39 bits per heavy atom. The Kier molecular flexibility index (Phi) is 5.83. The standard InChI is InChI=1S/C23H24Cl2N4OS/c1-13(2)18-19(21(30)28(4)5)31-22-27-23(3,15-7-9-16(24)10-8-15)20(29(18)22)14-6-11-17(25)26-12-14/h6-13,20H,1-5H3/t20-,23+/m1/s1. The number of carbonyl (C=O) groups excluding carboxylic acids is 1. The minimum atomic E-state index is -0.588. The Balaban J connectivity index is 1.91. The van der Waals surface area contributed by atoms with Gasteiger partial charge < -0.3 is 9.80 Å². The molecule has 0 saturated heterocycles. The summed E-state index contributed by atoms with van der Waals surface area (Å²) in [6.07, 6.45) is 1.80. The fraction of sp³-hybridized carbons (Fsp3) is 0.348. The molecule has 0 aliphatic carbocycles. The number of likely N-dealkylation sites (N-methyl/N-ethyl adjacent to an activating group) is 1. The average Bonchev–Trinajstić information content (AvgIpc) is 3.21. The van der Waals surface area contributed by atoms with Crippen molar-refractivity contribution in [3.8, 4) is 0 Å². The fourth-order valence-electron chi connectivity index (χ4n) is 4.17. The highest BCUT2D eigenvalue weighted by molar-refractivity contribution is 8.18. The monoisotopic (exact) mass is 474 g/mol. The first-order chi connectivity index (χ1) is 14.6. The van der Waals surface area contributed by atoms with Crippen LogP contribution in [0.25, 0.3) is 0 Å². The van der Waals surface area contributed by atoms with Crippen LogP contribution in [-0.2, 0) is 10.3 Å². The third-order valence-corrected chi connectivity index (χ3v) is 7.19. The van der Waals surface area contributed by atoms with Crippen LogP contribution >= 0.6 is 35.0 Å². The van der Waals surface area contributed by atoms with Crippen LogP contribution in [0.3, 0.4) is 0 Å². The minimum Gasteiger partial charge on any atom is -0.344 e. The Morgan fingerprint density at radius 2 is 1.84 bits per heavy atom. The van der Waals surface area contributed by atoms with Crippen molar-refractivity contribution in [1.29, 1.82) is 0 Å². The van der Waals surface area contributed by atoms with Gasteiger partial charge in [-0.25, -0.2) is 9.98 Å². The van der Waals surface area contributed by atoms with E-state index in [1.807, 2.05) is 30.3 Å². The largest absolute Gasteiger partial charge is 0.344 e. The lowest BCUT2D eigenvalue weighted by Gasteiger charge is -2.37. The Hall–Kier alpha value is -2.02. The molecule has 0 unspecified atom stereocenters. The first-order valence-electron chi connectivity index (χ1n) is 10.0. The maximum absolute atomic E-state index is 13.0. The summed E-state index contributed by atoms with van der Waals surface area (Å²) in [5, 5.41) is 1.94. The molecule has 0 spiro atoms. The van der Waals surface area contributed by atoms with E-state index in [9.17, 15) is 4.79 Å². The number of aromatic nitrogens is 1. The van der Waals surface area contributed by atoms with E-state index in [-0.39, 0.29) is 17.9 Å². The van der Waals surface area contributed by atoms with Crippen molar-refractivity contribution >= 4 is 46.0 Å². The third-order valence-electron chi connectivity index (χ3n) is 5.65. The van der Waals surface area contributed by atoms with Crippen molar-refractivity contribution in [2.75, 3.05) is 14.1 Å². The van der Waals surface area contributed by atoms with E-state index >= 15 is 0 Å². The van der Waals surface area contributed by atoms with Crippen molar-refractivity contribution in [3.05, 3.63) is 74.5 Å². The van der Waals surface area contributed by atoms with Gasteiger partial charge in [-0.15, -0.1) is 0 Å². The highest BCUT2D eigenvalue weighted by atomic mass is 35.5. The SMILES string of the molecule is CC(C)C1=C(C(=O)N(C)C)SC2=N[C@@](C)(c3ccc(Cl)cc3)[C@@H](c3ccc(Cl)nc3)N21. The molecular weight excluding hydrogens is 451 g/mol. The molecule has 0 N–H and O–H groups in total. The molecule has 2 aromatic rings. The molecule has 2 aliphatic rings. The molecule has 1 aromatic heterocycles. The van der Waals surface area contributed by atoms with Crippen molar-refractivity contribution in [2.45, 2.75) is 32.4 Å². The number of amidine groups is 1. The quantitative estimate of drug-likeness (QED) is 0.531. The summed E-state index contributed by atoms with van der Waals surface area (Å²) in [6.45, 7) is 6.33. The maximum atomic E-state index is 13.0. The highest BCUT2D eigenvalue weighted by Gasteiger charge is 2.53. The molecule has 0 radical (unpaired) electrons. The number of aliphatic imine (C=N–C) groups is 1. The number of carbonyl (C=O) groups is 1. The predicted octanol–water partition coefficient (Wildman–Crippen LogP) is 5.72. The fourth-order valence-corrected chi connectivity index (χ4v) is 5.84. The number of hydrogen-bond donors (Lipinski definition) is 0. The normalized spacial score (nSPS) is 22.8. The molecule has 2 aliphatic heterocycles. The molecule has 5 nitrogen and oxygen atoms in total. The van der Waals surface area contributed by atoms with E-state index in [0.29, 0.717) is 10.2 Å². The molecule has 0 saturated carbocycles. The number of hydrogen-bond acceptors (Lipinski definition) is 5. The summed E-state index contributed by atoms with van der Waals surface area (Å²) in [5.41, 5.74) is 2.43. The predicted molar refractivity (Wildman–Crippen MR) is 128 cm³/mol. The zero-order valence-corrected chi connectivity index (χ0v) is 20.4. The zero-order valence-electron chi connectivity index (χ0n) is 18.1. The number of amides is 1. The second-order valence-electron chi connectivity index (χ2n) is 8.41. The number of thioether (sulfide) groups is 1. The van der Waals surface area contributed by atoms with Gasteiger partial charge in [0, 0.05) is 31.0 Å². The van der Waals surface area contributed by atoms with Crippen molar-refractivity contribution in [2.24, 2.45) is 10.9 Å². The molecule has 31 heavy (non-hydrogen) atoms. The van der Waals surface area contributed by atoms with E-state index in [0.717, 1.165) is 26.9 Å². The molecule has 2 atom stereocenters. The van der Waals surface area contributed by atoms with Gasteiger partial charge in [0.25, 0.3) is 5.91 Å². The van der Waals surface area contributed by atoms with E-state index < -0.39 is 5.54 Å². The second kappa shape index (κ2) is 8.15. The van der Waals surface area contributed by atoms with Crippen molar-refractivity contribution in [1.82, 2.24) is 14.8 Å². The number of rotatable bonds is 4. The first-order valence-corrected chi connectivity index (χ1v) is 11.6. The Bertz CT molecular complexity index is 1080. The summed E-state index contributed by atoms with van der Waals surface area (Å²) in [7, 11) is 3.55. The number of nitrogens with zero attached hydrogens (tertiary/aromatic N) is 4. The zero-order chi connectivity index (χ0) is 22.5. The van der Waals surface area contributed by atoms with Crippen molar-refractivity contribution in [3.63, 3.8) is 0 Å². The lowest BCUT2D eigenvalue weighted by Crippen LogP contribution is -2.36. The molecular formula is C23H24Cl2N4OS. The molecule has 4 rings (SSSR count).